The highest BCUT2D eigenvalue weighted by atomic mass is 19.1. The Morgan fingerprint density at radius 2 is 2.14 bits per heavy atom. The molecule has 1 amide bonds. The number of ether oxygens (including phenoxy) is 1. The van der Waals surface area contributed by atoms with E-state index < -0.39 is 5.54 Å². The highest BCUT2D eigenvalue weighted by molar-refractivity contribution is 5.87. The van der Waals surface area contributed by atoms with E-state index in [4.69, 9.17) is 4.74 Å². The molecule has 2 aliphatic rings. The van der Waals surface area contributed by atoms with Crippen LogP contribution in [0.15, 0.2) is 24.3 Å². The standard InChI is InChI=1S/C21H25FN4O2/c1-3-28-14-5-6-16(22)15(12-14)18-11-13(2)24-19(25-18)17-7-9-21(26-17)8-4-10-23-20(21)27/h5-6,11-12,17,26H,3-4,7-10H2,1-2H3,(H,23,27)/t17-,21+/m0/s1. The number of hydrogen-bond donors (Lipinski definition) is 2. The van der Waals surface area contributed by atoms with Crippen LogP contribution in [0.5, 0.6) is 5.75 Å². The molecule has 2 saturated heterocycles. The Bertz CT molecular complexity index is 904. The van der Waals surface area contributed by atoms with Crippen LogP contribution >= 0.6 is 0 Å². The van der Waals surface area contributed by atoms with Crippen molar-refractivity contribution in [2.24, 2.45) is 0 Å². The number of carbonyl (C=O) groups is 1. The van der Waals surface area contributed by atoms with E-state index >= 15 is 0 Å². The molecule has 0 unspecified atom stereocenters. The van der Waals surface area contributed by atoms with Crippen LogP contribution < -0.4 is 15.4 Å². The van der Waals surface area contributed by atoms with Crippen LogP contribution in [-0.4, -0.2) is 34.6 Å². The van der Waals surface area contributed by atoms with Crippen LogP contribution in [0.1, 0.15) is 50.2 Å². The second-order valence-electron chi connectivity index (χ2n) is 7.50. The van der Waals surface area contributed by atoms with Gasteiger partial charge in [-0.3, -0.25) is 10.1 Å². The third-order valence-corrected chi connectivity index (χ3v) is 5.52. The molecule has 2 aliphatic heterocycles. The number of nitrogens with one attached hydrogen (secondary N) is 2. The van der Waals surface area contributed by atoms with Gasteiger partial charge >= 0.3 is 0 Å². The fourth-order valence-electron chi connectivity index (χ4n) is 4.16. The Hall–Kier alpha value is -2.54. The van der Waals surface area contributed by atoms with Crippen molar-refractivity contribution in [1.82, 2.24) is 20.6 Å². The van der Waals surface area contributed by atoms with E-state index in [9.17, 15) is 9.18 Å². The van der Waals surface area contributed by atoms with Crippen molar-refractivity contribution < 1.29 is 13.9 Å². The molecule has 0 aliphatic carbocycles. The van der Waals surface area contributed by atoms with Crippen molar-refractivity contribution in [3.05, 3.63) is 41.6 Å². The average Bonchev–Trinajstić information content (AvgIpc) is 3.11. The normalized spacial score (nSPS) is 24.4. The molecule has 2 atom stereocenters. The quantitative estimate of drug-likeness (QED) is 0.847. The molecule has 0 radical (unpaired) electrons. The molecule has 1 spiro atoms. The Balaban J connectivity index is 1.65. The summed E-state index contributed by atoms with van der Waals surface area (Å²) in [6.45, 7) is 5.00. The van der Waals surface area contributed by atoms with E-state index in [0.29, 0.717) is 29.4 Å². The zero-order valence-electron chi connectivity index (χ0n) is 16.2. The van der Waals surface area contributed by atoms with E-state index in [1.54, 1.807) is 18.2 Å². The van der Waals surface area contributed by atoms with Gasteiger partial charge in [-0.25, -0.2) is 14.4 Å². The lowest BCUT2D eigenvalue weighted by Gasteiger charge is -2.33. The zero-order valence-corrected chi connectivity index (χ0v) is 16.2. The van der Waals surface area contributed by atoms with Gasteiger partial charge in [-0.15, -0.1) is 0 Å². The summed E-state index contributed by atoms with van der Waals surface area (Å²) in [5, 5.41) is 6.42. The molecule has 7 heteroatoms. The number of hydrogen-bond acceptors (Lipinski definition) is 5. The summed E-state index contributed by atoms with van der Waals surface area (Å²) in [5.74, 6) is 0.916. The molecular formula is C21H25FN4O2. The molecule has 0 saturated carbocycles. The molecule has 1 aromatic carbocycles. The van der Waals surface area contributed by atoms with Gasteiger partial charge in [-0.1, -0.05) is 0 Å². The highest BCUT2D eigenvalue weighted by Gasteiger charge is 2.46. The maximum atomic E-state index is 14.5. The van der Waals surface area contributed by atoms with Crippen LogP contribution in [0.2, 0.25) is 0 Å². The first-order valence-corrected chi connectivity index (χ1v) is 9.85. The first kappa shape index (κ1) is 18.8. The van der Waals surface area contributed by atoms with Crippen molar-refractivity contribution in [3.8, 4) is 17.0 Å². The van der Waals surface area contributed by atoms with Crippen LogP contribution in [-0.2, 0) is 4.79 Å². The number of nitrogens with zero attached hydrogens (tertiary/aromatic N) is 2. The fraction of sp³-hybridized carbons (Fsp3) is 0.476. The van der Waals surface area contributed by atoms with Crippen molar-refractivity contribution in [2.75, 3.05) is 13.2 Å². The molecule has 6 nitrogen and oxygen atoms in total. The van der Waals surface area contributed by atoms with Gasteiger partial charge in [0, 0.05) is 17.8 Å². The van der Waals surface area contributed by atoms with Gasteiger partial charge in [0.1, 0.15) is 17.4 Å². The topological polar surface area (TPSA) is 76.1 Å². The zero-order chi connectivity index (χ0) is 19.7. The second-order valence-corrected chi connectivity index (χ2v) is 7.50. The van der Waals surface area contributed by atoms with Crippen LogP contribution in [0.4, 0.5) is 4.39 Å². The molecule has 1 aromatic heterocycles. The summed E-state index contributed by atoms with van der Waals surface area (Å²) in [5.41, 5.74) is 1.14. The third-order valence-electron chi connectivity index (χ3n) is 5.52. The molecule has 4 rings (SSSR count). The van der Waals surface area contributed by atoms with E-state index in [-0.39, 0.29) is 17.8 Å². The second kappa shape index (κ2) is 7.47. The van der Waals surface area contributed by atoms with Crippen molar-refractivity contribution in [1.29, 1.82) is 0 Å². The van der Waals surface area contributed by atoms with Crippen molar-refractivity contribution in [2.45, 2.75) is 51.1 Å². The summed E-state index contributed by atoms with van der Waals surface area (Å²) >= 11 is 0. The number of amides is 1. The predicted molar refractivity (Wildman–Crippen MR) is 103 cm³/mol. The first-order chi connectivity index (χ1) is 13.5. The lowest BCUT2D eigenvalue weighted by Crippen LogP contribution is -2.57. The first-order valence-electron chi connectivity index (χ1n) is 9.85. The molecule has 28 heavy (non-hydrogen) atoms. The molecule has 0 bridgehead atoms. The van der Waals surface area contributed by atoms with Crippen LogP contribution in [0.25, 0.3) is 11.3 Å². The minimum Gasteiger partial charge on any atom is -0.494 e. The Kier molecular flexibility index (Phi) is 5.02. The van der Waals surface area contributed by atoms with E-state index in [1.165, 1.54) is 6.07 Å². The van der Waals surface area contributed by atoms with Gasteiger partial charge in [0.2, 0.25) is 5.91 Å². The minimum absolute atomic E-state index is 0.0598. The Labute approximate surface area is 163 Å². The molecule has 148 valence electrons. The third kappa shape index (κ3) is 3.46. The number of carbonyl (C=O) groups excluding carboxylic acids is 1. The number of aryl methyl sites for hydroxylation is 1. The lowest BCUT2D eigenvalue weighted by molar-refractivity contribution is -0.129. The summed E-state index contributed by atoms with van der Waals surface area (Å²) in [6.07, 6.45) is 3.31. The number of rotatable bonds is 4. The lowest BCUT2D eigenvalue weighted by atomic mass is 9.88. The molecule has 3 heterocycles. The van der Waals surface area contributed by atoms with E-state index in [0.717, 1.165) is 37.9 Å². The number of aromatic nitrogens is 2. The summed E-state index contributed by atoms with van der Waals surface area (Å²) in [7, 11) is 0. The fourth-order valence-corrected chi connectivity index (χ4v) is 4.16. The van der Waals surface area contributed by atoms with E-state index in [2.05, 4.69) is 20.6 Å². The molecule has 2 aromatic rings. The average molecular weight is 384 g/mol. The van der Waals surface area contributed by atoms with Gasteiger partial charge in [0.15, 0.2) is 0 Å². The highest BCUT2D eigenvalue weighted by Crippen LogP contribution is 2.37. The Morgan fingerprint density at radius 3 is 2.93 bits per heavy atom. The Morgan fingerprint density at radius 1 is 1.29 bits per heavy atom. The molecule has 2 fully saturated rings. The van der Waals surface area contributed by atoms with E-state index in [1.807, 2.05) is 13.8 Å². The van der Waals surface area contributed by atoms with Gasteiger partial charge in [-0.2, -0.15) is 0 Å². The summed E-state index contributed by atoms with van der Waals surface area (Å²) < 4.78 is 20.0. The largest absolute Gasteiger partial charge is 0.494 e. The van der Waals surface area contributed by atoms with Crippen LogP contribution in [0, 0.1) is 12.7 Å². The van der Waals surface area contributed by atoms with Gasteiger partial charge in [0.25, 0.3) is 0 Å². The number of piperidine rings is 1. The van der Waals surface area contributed by atoms with Crippen molar-refractivity contribution in [3.63, 3.8) is 0 Å². The van der Waals surface area contributed by atoms with Gasteiger partial charge < -0.3 is 10.1 Å². The summed E-state index contributed by atoms with van der Waals surface area (Å²) in [6, 6.07) is 6.33. The molecule has 2 N–H and O–H groups in total. The van der Waals surface area contributed by atoms with Crippen molar-refractivity contribution >= 4 is 5.91 Å². The maximum absolute atomic E-state index is 14.5. The van der Waals surface area contributed by atoms with Gasteiger partial charge in [0.05, 0.1) is 23.9 Å². The number of benzene rings is 1. The van der Waals surface area contributed by atoms with Crippen LogP contribution in [0.3, 0.4) is 0 Å². The smallest absolute Gasteiger partial charge is 0.240 e. The minimum atomic E-state index is -0.531. The molecular weight excluding hydrogens is 359 g/mol. The van der Waals surface area contributed by atoms with Gasteiger partial charge in [-0.05, 0) is 63.8 Å². The SMILES string of the molecule is CCOc1ccc(F)c(-c2cc(C)nc([C@@H]3CC[C@@]4(CCCNC4=O)N3)n2)c1. The predicted octanol–water partition coefficient (Wildman–Crippen LogP) is 3.06. The maximum Gasteiger partial charge on any atom is 0.240 e. The number of halogens is 1. The summed E-state index contributed by atoms with van der Waals surface area (Å²) in [4.78, 5) is 21.6. The monoisotopic (exact) mass is 384 g/mol.